The fourth-order valence-corrected chi connectivity index (χ4v) is 2.08. The molecule has 4 heteroatoms. The first-order valence-electron chi connectivity index (χ1n) is 3.44. The number of likely N-dealkylation sites (N-methyl/N-ethyl adjacent to an activating group) is 1. The van der Waals surface area contributed by atoms with Crippen molar-refractivity contribution in [2.45, 2.75) is 13.0 Å². The maximum absolute atomic E-state index is 11.1. The predicted octanol–water partition coefficient (Wildman–Crippen LogP) is 0.335. The Balaban J connectivity index is 2.71. The van der Waals surface area contributed by atoms with Crippen LogP contribution in [-0.2, 0) is 9.53 Å². The van der Waals surface area contributed by atoms with E-state index in [1.54, 1.807) is 11.8 Å². The average molecular weight is 174 g/mol. The number of ether oxygens (including phenoxy) is 1. The van der Waals surface area contributed by atoms with Gasteiger partial charge in [-0.1, -0.05) is 11.8 Å². The summed E-state index contributed by atoms with van der Waals surface area (Å²) < 4.78 is 6.60. The van der Waals surface area contributed by atoms with Gasteiger partial charge in [0.1, 0.15) is 7.05 Å². The SMILES string of the molecule is COC(=O)[C@@H]1CSC(C)=[N+]1C. The van der Waals surface area contributed by atoms with E-state index in [2.05, 4.69) is 4.74 Å². The second-order valence-corrected chi connectivity index (χ2v) is 3.69. The van der Waals surface area contributed by atoms with Gasteiger partial charge in [-0.15, -0.1) is 0 Å². The second kappa shape index (κ2) is 3.26. The number of esters is 1. The third-order valence-electron chi connectivity index (χ3n) is 1.89. The Morgan fingerprint density at radius 1 is 1.82 bits per heavy atom. The highest BCUT2D eigenvalue weighted by molar-refractivity contribution is 8.13. The van der Waals surface area contributed by atoms with Crippen molar-refractivity contribution in [2.24, 2.45) is 0 Å². The van der Waals surface area contributed by atoms with Crippen LogP contribution in [0.4, 0.5) is 0 Å². The summed E-state index contributed by atoms with van der Waals surface area (Å²) in [5.74, 6) is 0.673. The van der Waals surface area contributed by atoms with Gasteiger partial charge in [0.15, 0.2) is 0 Å². The molecule has 0 aromatic rings. The van der Waals surface area contributed by atoms with Crippen LogP contribution >= 0.6 is 11.8 Å². The molecule has 0 N–H and O–H groups in total. The van der Waals surface area contributed by atoms with Gasteiger partial charge in [0, 0.05) is 6.92 Å². The normalized spacial score (nSPS) is 24.1. The van der Waals surface area contributed by atoms with Gasteiger partial charge < -0.3 is 4.74 Å². The number of thioether (sulfide) groups is 1. The fraction of sp³-hybridized carbons (Fsp3) is 0.714. The molecule has 1 rings (SSSR count). The maximum atomic E-state index is 11.1. The van der Waals surface area contributed by atoms with Crippen LogP contribution in [0.15, 0.2) is 0 Å². The summed E-state index contributed by atoms with van der Waals surface area (Å²) in [6.07, 6.45) is 0. The predicted molar refractivity (Wildman–Crippen MR) is 45.1 cm³/mol. The Bertz CT molecular complexity index is 212. The Labute approximate surface area is 70.4 Å². The first-order valence-corrected chi connectivity index (χ1v) is 4.42. The highest BCUT2D eigenvalue weighted by atomic mass is 32.2. The van der Waals surface area contributed by atoms with Crippen LogP contribution < -0.4 is 0 Å². The van der Waals surface area contributed by atoms with Crippen molar-refractivity contribution in [3.05, 3.63) is 0 Å². The molecular formula is C7H12NO2S+. The van der Waals surface area contributed by atoms with Gasteiger partial charge in [-0.3, -0.25) is 0 Å². The minimum atomic E-state index is -0.142. The molecule has 1 atom stereocenters. The van der Waals surface area contributed by atoms with Crippen LogP contribution in [0.1, 0.15) is 6.92 Å². The molecule has 0 radical (unpaired) electrons. The van der Waals surface area contributed by atoms with Crippen LogP contribution in [-0.4, -0.2) is 41.5 Å². The van der Waals surface area contributed by atoms with Crippen molar-refractivity contribution in [3.8, 4) is 0 Å². The highest BCUT2D eigenvalue weighted by Crippen LogP contribution is 2.16. The van der Waals surface area contributed by atoms with E-state index < -0.39 is 0 Å². The lowest BCUT2D eigenvalue weighted by atomic mass is 10.3. The number of nitrogens with zero attached hydrogens (tertiary/aromatic N) is 1. The first-order chi connectivity index (χ1) is 5.16. The van der Waals surface area contributed by atoms with E-state index in [-0.39, 0.29) is 12.0 Å². The smallest absolute Gasteiger partial charge is 0.376 e. The van der Waals surface area contributed by atoms with Crippen LogP contribution in [0.5, 0.6) is 0 Å². The summed E-state index contributed by atoms with van der Waals surface area (Å²) in [5, 5.41) is 1.18. The number of rotatable bonds is 1. The molecule has 1 aliphatic heterocycles. The molecule has 0 fully saturated rings. The summed E-state index contributed by atoms with van der Waals surface area (Å²) in [6.45, 7) is 2.01. The average Bonchev–Trinajstić information content (AvgIpc) is 2.32. The minimum absolute atomic E-state index is 0.0787. The summed E-state index contributed by atoms with van der Waals surface area (Å²) in [7, 11) is 3.34. The third kappa shape index (κ3) is 1.56. The molecule has 11 heavy (non-hydrogen) atoms. The zero-order chi connectivity index (χ0) is 8.43. The minimum Gasteiger partial charge on any atom is -0.464 e. The lowest BCUT2D eigenvalue weighted by Crippen LogP contribution is -2.32. The molecule has 0 saturated heterocycles. The van der Waals surface area contributed by atoms with Crippen molar-refractivity contribution >= 4 is 22.8 Å². The molecule has 0 bridgehead atoms. The van der Waals surface area contributed by atoms with Gasteiger partial charge in [-0.25, -0.2) is 9.37 Å². The molecular weight excluding hydrogens is 162 g/mol. The van der Waals surface area contributed by atoms with Gasteiger partial charge in [0.25, 0.3) is 6.04 Å². The summed E-state index contributed by atoms with van der Waals surface area (Å²) in [6, 6.07) is -0.0787. The number of carbonyl (C=O) groups is 1. The summed E-state index contributed by atoms with van der Waals surface area (Å²) in [4.78, 5) is 11.1. The zero-order valence-electron chi connectivity index (χ0n) is 6.96. The van der Waals surface area contributed by atoms with Gasteiger partial charge in [0.05, 0.1) is 12.9 Å². The molecule has 0 aromatic heterocycles. The van der Waals surface area contributed by atoms with Gasteiger partial charge in [0.2, 0.25) is 5.04 Å². The lowest BCUT2D eigenvalue weighted by Gasteiger charge is -2.02. The van der Waals surface area contributed by atoms with E-state index in [9.17, 15) is 4.79 Å². The van der Waals surface area contributed by atoms with Crippen molar-refractivity contribution in [3.63, 3.8) is 0 Å². The fourth-order valence-electron chi connectivity index (χ4n) is 0.995. The Hall–Kier alpha value is -0.510. The van der Waals surface area contributed by atoms with Gasteiger partial charge >= 0.3 is 5.97 Å². The molecule has 1 aliphatic rings. The van der Waals surface area contributed by atoms with E-state index in [1.807, 2.05) is 18.5 Å². The van der Waals surface area contributed by atoms with E-state index in [4.69, 9.17) is 0 Å². The van der Waals surface area contributed by atoms with Crippen molar-refractivity contribution in [1.29, 1.82) is 0 Å². The topological polar surface area (TPSA) is 29.3 Å². The van der Waals surface area contributed by atoms with E-state index in [0.717, 1.165) is 5.75 Å². The Morgan fingerprint density at radius 2 is 2.45 bits per heavy atom. The van der Waals surface area contributed by atoms with Crippen molar-refractivity contribution in [1.82, 2.24) is 0 Å². The number of hydrogen-bond acceptors (Lipinski definition) is 3. The third-order valence-corrected chi connectivity index (χ3v) is 3.08. The zero-order valence-corrected chi connectivity index (χ0v) is 7.77. The van der Waals surface area contributed by atoms with Gasteiger partial charge in [-0.2, -0.15) is 0 Å². The molecule has 0 spiro atoms. The number of methoxy groups -OCH3 is 1. The molecule has 62 valence electrons. The van der Waals surface area contributed by atoms with E-state index >= 15 is 0 Å². The molecule has 0 unspecified atom stereocenters. The lowest BCUT2D eigenvalue weighted by molar-refractivity contribution is -0.515. The standard InChI is InChI=1S/C7H12NO2S/c1-5-8(2)6(4-11-5)7(9)10-3/h6H,4H2,1-3H3/q+1/t6-/m0/s1. The molecule has 1 heterocycles. The second-order valence-electron chi connectivity index (χ2n) is 2.48. The molecule has 0 saturated carbocycles. The Morgan fingerprint density at radius 3 is 2.82 bits per heavy atom. The van der Waals surface area contributed by atoms with Gasteiger partial charge in [-0.05, 0) is 0 Å². The number of hydrogen-bond donors (Lipinski definition) is 0. The molecule has 0 aliphatic carbocycles. The van der Waals surface area contributed by atoms with Crippen LogP contribution in [0.3, 0.4) is 0 Å². The Kier molecular flexibility index (Phi) is 2.54. The maximum Gasteiger partial charge on any atom is 0.376 e. The largest absolute Gasteiger partial charge is 0.464 e. The van der Waals surface area contributed by atoms with Crippen LogP contribution in [0.25, 0.3) is 0 Å². The molecule has 3 nitrogen and oxygen atoms in total. The molecule has 0 aromatic carbocycles. The van der Waals surface area contributed by atoms with Crippen LogP contribution in [0, 0.1) is 0 Å². The number of carbonyl (C=O) groups excluding carboxylic acids is 1. The highest BCUT2D eigenvalue weighted by Gasteiger charge is 2.35. The summed E-state index contributed by atoms with van der Waals surface area (Å²) in [5.41, 5.74) is 0. The molecule has 0 amide bonds. The van der Waals surface area contributed by atoms with Crippen molar-refractivity contribution < 1.29 is 14.1 Å². The van der Waals surface area contributed by atoms with Crippen molar-refractivity contribution in [2.75, 3.05) is 19.9 Å². The van der Waals surface area contributed by atoms with E-state index in [1.165, 1.54) is 12.2 Å². The summed E-state index contributed by atoms with van der Waals surface area (Å²) >= 11 is 1.70. The van der Waals surface area contributed by atoms with E-state index in [0.29, 0.717) is 0 Å². The quantitative estimate of drug-likeness (QED) is 0.424. The monoisotopic (exact) mass is 174 g/mol. The van der Waals surface area contributed by atoms with Crippen LogP contribution in [0.2, 0.25) is 0 Å². The first kappa shape index (κ1) is 8.59.